The van der Waals surface area contributed by atoms with E-state index in [2.05, 4.69) is 73.6 Å². The Morgan fingerprint density at radius 3 is 1.95 bits per heavy atom. The Morgan fingerprint density at radius 2 is 1.43 bits per heavy atom. The van der Waals surface area contributed by atoms with Gasteiger partial charge in [-0.05, 0) is 65.3 Å². The molecule has 0 aliphatic rings. The largest absolute Gasteiger partial charge is 0.460 e. The monoisotopic (exact) mass is 576 g/mol. The van der Waals surface area contributed by atoms with Crippen molar-refractivity contribution in [3.05, 3.63) is 12.2 Å². The summed E-state index contributed by atoms with van der Waals surface area (Å²) < 4.78 is 30.4. The number of carbonyl (C=O) groups excluding carboxylic acids is 1. The van der Waals surface area contributed by atoms with Gasteiger partial charge in [0.1, 0.15) is 6.61 Å². The summed E-state index contributed by atoms with van der Waals surface area (Å²) in [6, 6.07) is 2.39. The van der Waals surface area contributed by atoms with Crippen LogP contribution in [0, 0.1) is 0 Å². The fraction of sp³-hybridized carbons (Fsp3) is 0.893. The van der Waals surface area contributed by atoms with E-state index in [0.717, 1.165) is 25.9 Å². The van der Waals surface area contributed by atoms with Gasteiger partial charge in [0.2, 0.25) is 8.32 Å². The van der Waals surface area contributed by atoms with E-state index >= 15 is 0 Å². The molecular formula is C28H60O6Si3. The van der Waals surface area contributed by atoms with Crippen molar-refractivity contribution in [3.63, 3.8) is 0 Å². The van der Waals surface area contributed by atoms with Crippen molar-refractivity contribution in [3.8, 4) is 0 Å². The first-order chi connectivity index (χ1) is 17.1. The SMILES string of the molecule is C=C(C)C(=O)OCCOCCOCCC[Si](C)(C)C(CC)O[Si](C)(C)C(C)(CC)O[Si](C)(C)CCCC. The molecular weight excluding hydrogens is 517 g/mol. The molecule has 0 amide bonds. The molecule has 0 aromatic carbocycles. The predicted octanol–water partition coefficient (Wildman–Crippen LogP) is 7.51. The van der Waals surface area contributed by atoms with Crippen molar-refractivity contribution in [2.24, 2.45) is 0 Å². The van der Waals surface area contributed by atoms with Crippen LogP contribution in [0.5, 0.6) is 0 Å². The second-order valence-electron chi connectivity index (χ2n) is 12.3. The van der Waals surface area contributed by atoms with Gasteiger partial charge in [0, 0.05) is 17.9 Å². The average Bonchev–Trinajstić information content (AvgIpc) is 2.81. The van der Waals surface area contributed by atoms with E-state index in [1.807, 2.05) is 0 Å². The number of esters is 1. The third-order valence-corrected chi connectivity index (χ3v) is 18.3. The predicted molar refractivity (Wildman–Crippen MR) is 164 cm³/mol. The molecule has 0 aliphatic carbocycles. The lowest BCUT2D eigenvalue weighted by atomic mass is 10.3. The quantitative estimate of drug-likeness (QED) is 0.0575. The second-order valence-corrected chi connectivity index (χ2v) is 26.0. The molecule has 0 aromatic heterocycles. The minimum absolute atomic E-state index is 0.166. The fourth-order valence-electron chi connectivity index (χ4n) is 4.59. The standard InChI is InChI=1S/C28H60O6Si3/c1-13-16-24-36(9,10)34-28(6,15-3)37(11,12)33-26(14-2)35(7,8)23-17-18-30-19-20-31-21-22-32-27(29)25(4)5/h26H,4,13-24H2,1-3,5-12H3. The molecule has 0 radical (unpaired) electrons. The number of carbonyl (C=O) groups is 1. The summed E-state index contributed by atoms with van der Waals surface area (Å²) in [7, 11) is -5.48. The summed E-state index contributed by atoms with van der Waals surface area (Å²) >= 11 is 0. The van der Waals surface area contributed by atoms with Crippen molar-refractivity contribution in [1.29, 1.82) is 0 Å². The number of hydrogen-bond donors (Lipinski definition) is 0. The van der Waals surface area contributed by atoms with Crippen LogP contribution in [-0.2, 0) is 27.9 Å². The number of rotatable bonds is 22. The lowest BCUT2D eigenvalue weighted by Crippen LogP contribution is -2.63. The maximum Gasteiger partial charge on any atom is 0.333 e. The van der Waals surface area contributed by atoms with Gasteiger partial charge < -0.3 is 23.1 Å². The summed E-state index contributed by atoms with van der Waals surface area (Å²) in [6.07, 6.45) is 5.56. The van der Waals surface area contributed by atoms with Crippen LogP contribution < -0.4 is 0 Å². The molecule has 0 saturated carbocycles. The molecule has 0 aliphatic heterocycles. The topological polar surface area (TPSA) is 63.2 Å². The van der Waals surface area contributed by atoms with Gasteiger partial charge in [-0.25, -0.2) is 4.79 Å². The second kappa shape index (κ2) is 17.4. The highest BCUT2D eigenvalue weighted by Crippen LogP contribution is 2.37. The van der Waals surface area contributed by atoms with E-state index in [1.165, 1.54) is 24.9 Å². The molecule has 0 fully saturated rings. The van der Waals surface area contributed by atoms with Crippen LogP contribution in [0.15, 0.2) is 12.2 Å². The Kier molecular flexibility index (Phi) is 17.3. The molecule has 37 heavy (non-hydrogen) atoms. The minimum atomic E-state index is -2.13. The molecule has 220 valence electrons. The van der Waals surface area contributed by atoms with Crippen LogP contribution in [0.4, 0.5) is 0 Å². The molecule has 9 heteroatoms. The van der Waals surface area contributed by atoms with Crippen LogP contribution in [0.3, 0.4) is 0 Å². The molecule has 0 aromatic rings. The minimum Gasteiger partial charge on any atom is -0.460 e. The van der Waals surface area contributed by atoms with E-state index in [0.29, 0.717) is 31.1 Å². The zero-order valence-corrected chi connectivity index (χ0v) is 29.2. The van der Waals surface area contributed by atoms with Crippen LogP contribution in [0.2, 0.25) is 51.4 Å². The van der Waals surface area contributed by atoms with E-state index in [9.17, 15) is 4.79 Å². The molecule has 0 N–H and O–H groups in total. The van der Waals surface area contributed by atoms with Gasteiger partial charge in [0.25, 0.3) is 0 Å². The molecule has 0 heterocycles. The van der Waals surface area contributed by atoms with Gasteiger partial charge in [-0.3, -0.25) is 0 Å². The first-order valence-corrected chi connectivity index (χ1v) is 23.7. The normalized spacial score (nSPS) is 15.3. The van der Waals surface area contributed by atoms with E-state index in [1.54, 1.807) is 6.92 Å². The highest BCUT2D eigenvalue weighted by molar-refractivity contribution is 6.81. The third kappa shape index (κ3) is 14.1. The van der Waals surface area contributed by atoms with Gasteiger partial charge in [-0.2, -0.15) is 0 Å². The van der Waals surface area contributed by atoms with Crippen LogP contribution in [0.1, 0.15) is 66.7 Å². The van der Waals surface area contributed by atoms with Gasteiger partial charge in [-0.1, -0.05) is 59.3 Å². The van der Waals surface area contributed by atoms with Gasteiger partial charge in [0.15, 0.2) is 8.32 Å². The van der Waals surface area contributed by atoms with Crippen LogP contribution >= 0.6 is 0 Å². The molecule has 0 spiro atoms. The van der Waals surface area contributed by atoms with Crippen molar-refractivity contribution < 1.29 is 27.9 Å². The molecule has 0 saturated heterocycles. The Morgan fingerprint density at radius 1 is 0.865 bits per heavy atom. The fourth-order valence-corrected chi connectivity index (χ4v) is 15.7. The van der Waals surface area contributed by atoms with Gasteiger partial charge in [-0.15, -0.1) is 0 Å². The maximum absolute atomic E-state index is 11.3. The molecule has 0 rings (SSSR count). The van der Waals surface area contributed by atoms with Crippen molar-refractivity contribution in [2.45, 2.75) is 129 Å². The first-order valence-electron chi connectivity index (χ1n) is 14.4. The maximum atomic E-state index is 11.3. The summed E-state index contributed by atoms with van der Waals surface area (Å²) in [5, 5.41) is -0.166. The third-order valence-electron chi connectivity index (χ3n) is 7.55. The smallest absolute Gasteiger partial charge is 0.333 e. The zero-order valence-electron chi connectivity index (χ0n) is 26.2. The van der Waals surface area contributed by atoms with Crippen molar-refractivity contribution in [1.82, 2.24) is 0 Å². The van der Waals surface area contributed by atoms with Crippen molar-refractivity contribution >= 4 is 30.7 Å². The van der Waals surface area contributed by atoms with E-state index < -0.39 is 24.7 Å². The Balaban J connectivity index is 4.65. The molecule has 6 nitrogen and oxygen atoms in total. The van der Waals surface area contributed by atoms with E-state index in [-0.39, 0.29) is 17.8 Å². The Bertz CT molecular complexity index is 668. The molecule has 2 atom stereocenters. The molecule has 0 bridgehead atoms. The number of hydrogen-bond acceptors (Lipinski definition) is 6. The first kappa shape index (κ1) is 36.7. The zero-order chi connectivity index (χ0) is 28.8. The lowest BCUT2D eigenvalue weighted by molar-refractivity contribution is -0.140. The van der Waals surface area contributed by atoms with E-state index in [4.69, 9.17) is 23.1 Å². The lowest BCUT2D eigenvalue weighted by Gasteiger charge is -2.49. The average molecular weight is 577 g/mol. The molecule has 2 unspecified atom stereocenters. The summed E-state index contributed by atoms with van der Waals surface area (Å²) in [4.78, 5) is 11.3. The Hall–Kier alpha value is -0.299. The Labute approximate surface area is 232 Å². The van der Waals surface area contributed by atoms with Gasteiger partial charge in [0.05, 0.1) is 33.1 Å². The highest BCUT2D eigenvalue weighted by Gasteiger charge is 2.50. The van der Waals surface area contributed by atoms with Crippen LogP contribution in [-0.4, -0.2) is 74.7 Å². The van der Waals surface area contributed by atoms with Crippen LogP contribution in [0.25, 0.3) is 0 Å². The number of unbranched alkanes of at least 4 members (excludes halogenated alkanes) is 1. The summed E-state index contributed by atoms with van der Waals surface area (Å²) in [6.45, 7) is 31.1. The van der Waals surface area contributed by atoms with Gasteiger partial charge >= 0.3 is 5.97 Å². The number of ether oxygens (including phenoxy) is 3. The highest BCUT2D eigenvalue weighted by atomic mass is 28.4. The summed E-state index contributed by atoms with van der Waals surface area (Å²) in [5.41, 5.74) is 0.728. The van der Waals surface area contributed by atoms with Crippen molar-refractivity contribution in [2.75, 3.05) is 33.0 Å². The summed E-state index contributed by atoms with van der Waals surface area (Å²) in [5.74, 6) is -0.378.